The van der Waals surface area contributed by atoms with Gasteiger partial charge >= 0.3 is 6.03 Å². The summed E-state index contributed by atoms with van der Waals surface area (Å²) in [6.45, 7) is 5.71. The molecule has 3 N–H and O–H groups in total. The van der Waals surface area contributed by atoms with Gasteiger partial charge in [0.2, 0.25) is 0 Å². The van der Waals surface area contributed by atoms with Crippen molar-refractivity contribution in [3.63, 3.8) is 0 Å². The topological polar surface area (TPSA) is 67.6 Å². The van der Waals surface area contributed by atoms with Gasteiger partial charge in [-0.2, -0.15) is 0 Å². The summed E-state index contributed by atoms with van der Waals surface area (Å²) in [4.78, 5) is 13.9. The molecule has 5 heteroatoms. The van der Waals surface area contributed by atoms with Crippen molar-refractivity contribution in [2.24, 2.45) is 5.73 Å². The van der Waals surface area contributed by atoms with Gasteiger partial charge < -0.3 is 20.7 Å². The molecule has 0 saturated carbocycles. The molecule has 5 nitrogen and oxygen atoms in total. The number of urea groups is 1. The van der Waals surface area contributed by atoms with Gasteiger partial charge in [0.15, 0.2) is 0 Å². The number of carbonyl (C=O) groups is 1. The van der Waals surface area contributed by atoms with Crippen LogP contribution in [0.5, 0.6) is 0 Å². The first-order valence-corrected chi connectivity index (χ1v) is 6.59. The van der Waals surface area contributed by atoms with E-state index >= 15 is 0 Å². The molecule has 0 aliphatic carbocycles. The predicted molar refractivity (Wildman–Crippen MR) is 74.9 cm³/mol. The van der Waals surface area contributed by atoms with Crippen molar-refractivity contribution in [1.82, 2.24) is 4.90 Å². The molecule has 0 spiro atoms. The summed E-state index contributed by atoms with van der Waals surface area (Å²) in [5.41, 5.74) is 7.37. The monoisotopic (exact) mass is 263 g/mol. The molecule has 2 rings (SSSR count). The summed E-state index contributed by atoms with van der Waals surface area (Å²) in [5.74, 6) is 0. The highest BCUT2D eigenvalue weighted by Crippen LogP contribution is 2.14. The Hall–Kier alpha value is -1.59. The van der Waals surface area contributed by atoms with Crippen molar-refractivity contribution in [3.05, 3.63) is 29.8 Å². The molecule has 1 saturated heterocycles. The maximum atomic E-state index is 12.1. The van der Waals surface area contributed by atoms with Crippen LogP contribution in [0, 0.1) is 0 Å². The van der Waals surface area contributed by atoms with E-state index in [1.807, 2.05) is 38.1 Å². The fourth-order valence-corrected chi connectivity index (χ4v) is 2.27. The smallest absolute Gasteiger partial charge is 0.322 e. The van der Waals surface area contributed by atoms with Crippen LogP contribution in [-0.2, 0) is 11.3 Å². The number of rotatable bonds is 2. The van der Waals surface area contributed by atoms with E-state index in [1.165, 1.54) is 0 Å². The van der Waals surface area contributed by atoms with Crippen LogP contribution in [0.3, 0.4) is 0 Å². The highest BCUT2D eigenvalue weighted by molar-refractivity contribution is 5.89. The Morgan fingerprint density at radius 2 is 1.89 bits per heavy atom. The third kappa shape index (κ3) is 3.68. The second kappa shape index (κ2) is 6.04. The molecular weight excluding hydrogens is 242 g/mol. The normalized spacial score (nSPS) is 23.2. The predicted octanol–water partition coefficient (Wildman–Crippen LogP) is 1.79. The fraction of sp³-hybridized carbons (Fsp3) is 0.500. The summed E-state index contributed by atoms with van der Waals surface area (Å²) in [7, 11) is 0. The third-order valence-electron chi connectivity index (χ3n) is 3.15. The standard InChI is InChI=1S/C14H21N3O2/c1-10-8-17(9-11(2)19-10)14(18)16-13-5-3-12(7-15)4-6-13/h3-6,10-11H,7-9,15H2,1-2H3,(H,16,18). The van der Waals surface area contributed by atoms with Crippen molar-refractivity contribution < 1.29 is 9.53 Å². The van der Waals surface area contributed by atoms with E-state index in [0.717, 1.165) is 11.3 Å². The lowest BCUT2D eigenvalue weighted by Crippen LogP contribution is -2.49. The van der Waals surface area contributed by atoms with E-state index in [4.69, 9.17) is 10.5 Å². The molecule has 2 atom stereocenters. The summed E-state index contributed by atoms with van der Waals surface area (Å²) >= 11 is 0. The Morgan fingerprint density at radius 1 is 1.32 bits per heavy atom. The average molecular weight is 263 g/mol. The number of nitrogens with two attached hydrogens (primary N) is 1. The minimum absolute atomic E-state index is 0.0779. The Labute approximate surface area is 113 Å². The zero-order valence-electron chi connectivity index (χ0n) is 11.4. The first-order chi connectivity index (χ1) is 9.08. The maximum Gasteiger partial charge on any atom is 0.322 e. The van der Waals surface area contributed by atoms with E-state index in [-0.39, 0.29) is 18.2 Å². The number of carbonyl (C=O) groups excluding carboxylic acids is 1. The van der Waals surface area contributed by atoms with E-state index in [2.05, 4.69) is 5.32 Å². The molecule has 1 aliphatic rings. The molecule has 104 valence electrons. The van der Waals surface area contributed by atoms with Crippen molar-refractivity contribution in [3.8, 4) is 0 Å². The molecule has 1 aromatic rings. The maximum absolute atomic E-state index is 12.1. The van der Waals surface area contributed by atoms with Crippen LogP contribution >= 0.6 is 0 Å². The molecule has 1 fully saturated rings. The number of anilines is 1. The number of amides is 2. The highest BCUT2D eigenvalue weighted by Gasteiger charge is 2.25. The van der Waals surface area contributed by atoms with Gasteiger partial charge in [0, 0.05) is 25.3 Å². The molecule has 0 radical (unpaired) electrons. The quantitative estimate of drug-likeness (QED) is 0.854. The largest absolute Gasteiger partial charge is 0.372 e. The molecule has 0 aromatic heterocycles. The lowest BCUT2D eigenvalue weighted by molar-refractivity contribution is -0.0530. The van der Waals surface area contributed by atoms with Crippen LogP contribution in [0.2, 0.25) is 0 Å². The van der Waals surface area contributed by atoms with Gasteiger partial charge in [-0.3, -0.25) is 0 Å². The van der Waals surface area contributed by atoms with Crippen molar-refractivity contribution in [1.29, 1.82) is 0 Å². The number of hydrogen-bond acceptors (Lipinski definition) is 3. The number of ether oxygens (including phenoxy) is 1. The van der Waals surface area contributed by atoms with Crippen LogP contribution in [0.25, 0.3) is 0 Å². The van der Waals surface area contributed by atoms with Crippen LogP contribution in [0.4, 0.5) is 10.5 Å². The van der Waals surface area contributed by atoms with Gasteiger partial charge in [0.05, 0.1) is 12.2 Å². The van der Waals surface area contributed by atoms with Crippen LogP contribution < -0.4 is 11.1 Å². The van der Waals surface area contributed by atoms with Crippen LogP contribution in [-0.4, -0.2) is 36.2 Å². The number of hydrogen-bond donors (Lipinski definition) is 2. The third-order valence-corrected chi connectivity index (χ3v) is 3.15. The van der Waals surface area contributed by atoms with Gasteiger partial charge in [-0.1, -0.05) is 12.1 Å². The lowest BCUT2D eigenvalue weighted by Gasteiger charge is -2.35. The summed E-state index contributed by atoms with van der Waals surface area (Å²) in [6.07, 6.45) is 0.156. The molecule has 1 aromatic carbocycles. The first-order valence-electron chi connectivity index (χ1n) is 6.59. The van der Waals surface area contributed by atoms with Gasteiger partial charge in [0.1, 0.15) is 0 Å². The van der Waals surface area contributed by atoms with E-state index in [0.29, 0.717) is 19.6 Å². The minimum atomic E-state index is -0.0810. The van der Waals surface area contributed by atoms with Gasteiger partial charge in [-0.15, -0.1) is 0 Å². The fourth-order valence-electron chi connectivity index (χ4n) is 2.27. The number of morpholine rings is 1. The van der Waals surface area contributed by atoms with E-state index in [9.17, 15) is 4.79 Å². The van der Waals surface area contributed by atoms with Crippen molar-refractivity contribution in [2.75, 3.05) is 18.4 Å². The SMILES string of the molecule is CC1CN(C(=O)Nc2ccc(CN)cc2)CC(C)O1. The molecule has 19 heavy (non-hydrogen) atoms. The summed E-state index contributed by atoms with van der Waals surface area (Å²) in [5, 5.41) is 2.89. The zero-order chi connectivity index (χ0) is 13.8. The van der Waals surface area contributed by atoms with Gasteiger partial charge in [-0.25, -0.2) is 4.79 Å². The molecule has 0 bridgehead atoms. The summed E-state index contributed by atoms with van der Waals surface area (Å²) in [6, 6.07) is 7.49. The number of nitrogens with one attached hydrogen (secondary N) is 1. The van der Waals surface area contributed by atoms with E-state index in [1.54, 1.807) is 4.90 Å². The second-order valence-corrected chi connectivity index (χ2v) is 4.99. The van der Waals surface area contributed by atoms with Crippen LogP contribution in [0.15, 0.2) is 24.3 Å². The molecule has 2 amide bonds. The molecule has 2 unspecified atom stereocenters. The number of benzene rings is 1. The first kappa shape index (κ1) is 13.8. The van der Waals surface area contributed by atoms with E-state index < -0.39 is 0 Å². The zero-order valence-corrected chi connectivity index (χ0v) is 11.4. The average Bonchev–Trinajstić information content (AvgIpc) is 2.38. The highest BCUT2D eigenvalue weighted by atomic mass is 16.5. The molecule has 1 aliphatic heterocycles. The Bertz CT molecular complexity index is 423. The molecule has 1 heterocycles. The Morgan fingerprint density at radius 3 is 2.42 bits per heavy atom. The Kier molecular flexibility index (Phi) is 4.39. The van der Waals surface area contributed by atoms with Crippen molar-refractivity contribution in [2.45, 2.75) is 32.6 Å². The van der Waals surface area contributed by atoms with Gasteiger partial charge in [0.25, 0.3) is 0 Å². The molecular formula is C14H21N3O2. The second-order valence-electron chi connectivity index (χ2n) is 4.99. The Balaban J connectivity index is 1.96. The van der Waals surface area contributed by atoms with Gasteiger partial charge in [-0.05, 0) is 31.5 Å². The lowest BCUT2D eigenvalue weighted by atomic mass is 10.2. The minimum Gasteiger partial charge on any atom is -0.372 e. The van der Waals surface area contributed by atoms with Crippen molar-refractivity contribution >= 4 is 11.7 Å². The number of nitrogens with zero attached hydrogens (tertiary/aromatic N) is 1. The summed E-state index contributed by atoms with van der Waals surface area (Å²) < 4.78 is 5.61. The van der Waals surface area contributed by atoms with Crippen LogP contribution in [0.1, 0.15) is 19.4 Å².